The Bertz CT molecular complexity index is 4840. The highest BCUT2D eigenvalue weighted by Gasteiger charge is 2.40. The van der Waals surface area contributed by atoms with Crippen molar-refractivity contribution < 1.29 is 18.4 Å². The van der Waals surface area contributed by atoms with Gasteiger partial charge in [-0.3, -0.25) is 4.57 Å². The van der Waals surface area contributed by atoms with E-state index >= 15 is 0 Å². The summed E-state index contributed by atoms with van der Waals surface area (Å²) in [6.45, 7) is 14.3. The van der Waals surface area contributed by atoms with Crippen LogP contribution in [0.5, 0.6) is 11.5 Å². The maximum Gasteiger partial charge on any atom is 0.503 e. The first-order chi connectivity index (χ1) is 43.4. The molecule has 3 aromatic heterocycles. The fraction of sp³-hybridized carbons (Fsp3) is 0.137. The Morgan fingerprint density at radius 2 is 1.05 bits per heavy atom. The molecular formula is C73H61N7O+2. The van der Waals surface area contributed by atoms with E-state index in [4.69, 9.17) is 32.9 Å². The lowest BCUT2D eigenvalue weighted by molar-refractivity contribution is 0.483. The molecule has 9 aromatic carbocycles. The average Bonchev–Trinajstić information content (AvgIpc) is 1.72. The molecule has 12 aromatic rings. The predicted octanol–water partition coefficient (Wildman–Crippen LogP) is 18.0. The van der Waals surface area contributed by atoms with Crippen LogP contribution in [0.2, 0.25) is 0 Å². The molecule has 1 aliphatic heterocycles. The van der Waals surface area contributed by atoms with Crippen LogP contribution in [0, 0.1) is 0 Å². The average molecular weight is 1060 g/mol. The summed E-state index contributed by atoms with van der Waals surface area (Å²) in [4.78, 5) is 21.0. The first kappa shape index (κ1) is 40.3. The highest BCUT2D eigenvalue weighted by molar-refractivity contribution is 6.11. The highest BCUT2D eigenvalue weighted by atomic mass is 16.5. The summed E-state index contributed by atoms with van der Waals surface area (Å²) in [6, 6.07) is 55.1. The summed E-state index contributed by atoms with van der Waals surface area (Å²) < 4.78 is 103. The van der Waals surface area contributed by atoms with E-state index in [1.165, 1.54) is 0 Å². The van der Waals surface area contributed by atoms with Crippen molar-refractivity contribution in [2.45, 2.75) is 64.7 Å². The number of hydrogen-bond acceptors (Lipinski definition) is 5. The molecule has 0 spiro atoms. The smallest absolute Gasteiger partial charge is 0.456 e. The number of pyridine rings is 1. The molecule has 0 radical (unpaired) electrons. The van der Waals surface area contributed by atoms with Crippen LogP contribution in [0.4, 0.5) is 22.7 Å². The van der Waals surface area contributed by atoms with Crippen molar-refractivity contribution in [2.24, 2.45) is 0 Å². The van der Waals surface area contributed by atoms with Crippen LogP contribution in [-0.2, 0) is 16.2 Å². The number of hydrogen-bond donors (Lipinski definition) is 0. The van der Waals surface area contributed by atoms with E-state index in [9.17, 15) is 5.48 Å². The summed E-state index contributed by atoms with van der Waals surface area (Å²) in [5, 5.41) is 1.88. The molecule has 0 saturated heterocycles. The molecule has 0 atom stereocenters. The second-order valence-corrected chi connectivity index (χ2v) is 22.2. The van der Waals surface area contributed by atoms with Gasteiger partial charge >= 0.3 is 6.01 Å². The molecule has 0 unspecified atom stereocenters. The van der Waals surface area contributed by atoms with Crippen LogP contribution in [0.1, 0.15) is 90.5 Å². The van der Waals surface area contributed by atoms with Crippen molar-refractivity contribution >= 4 is 50.6 Å². The van der Waals surface area contributed by atoms with Gasteiger partial charge in [-0.2, -0.15) is 0 Å². The Morgan fingerprint density at radius 1 is 0.481 bits per heavy atom. The number of ether oxygens (including phenoxy) is 1. The molecule has 392 valence electrons. The molecular weight excluding hydrogens is 991 g/mol. The van der Waals surface area contributed by atoms with Crippen molar-refractivity contribution in [2.75, 3.05) is 0 Å². The van der Waals surface area contributed by atoms with E-state index in [-0.39, 0.29) is 27.9 Å². The molecule has 13 rings (SSSR count). The number of benzene rings is 9. The summed E-state index contributed by atoms with van der Waals surface area (Å²) >= 11 is 0. The van der Waals surface area contributed by atoms with Crippen LogP contribution in [0.15, 0.2) is 243 Å². The zero-order valence-corrected chi connectivity index (χ0v) is 45.9. The molecule has 0 N–H and O–H groups in total. The first-order valence-corrected chi connectivity index (χ1v) is 26.9. The minimum absolute atomic E-state index is 0.145. The fourth-order valence-electron chi connectivity index (χ4n) is 10.7. The third-order valence-electron chi connectivity index (χ3n) is 15.2. The molecule has 0 aliphatic carbocycles. The zero-order chi connectivity index (χ0) is 64.2. The predicted molar refractivity (Wildman–Crippen MR) is 331 cm³/mol. The lowest BCUT2D eigenvalue weighted by Crippen LogP contribution is -2.29. The van der Waals surface area contributed by atoms with E-state index in [0.29, 0.717) is 63.0 Å². The van der Waals surface area contributed by atoms with Gasteiger partial charge in [0.15, 0.2) is 5.82 Å². The largest absolute Gasteiger partial charge is 0.503 e. The minimum atomic E-state index is -0.693. The molecule has 1 aliphatic rings. The van der Waals surface area contributed by atoms with Gasteiger partial charge in [-0.25, -0.2) is 19.9 Å². The maximum atomic E-state index is 9.39. The fourth-order valence-corrected chi connectivity index (χ4v) is 10.7. The molecule has 0 saturated carbocycles. The lowest BCUT2D eigenvalue weighted by Gasteiger charge is -2.29. The molecule has 4 heterocycles. The monoisotopic (exact) mass is 1060 g/mol. The Balaban J connectivity index is 1.07. The number of para-hydroxylation sites is 3. The van der Waals surface area contributed by atoms with Gasteiger partial charge in [0.05, 0.1) is 47.5 Å². The van der Waals surface area contributed by atoms with Gasteiger partial charge in [-0.1, -0.05) is 184 Å². The summed E-state index contributed by atoms with van der Waals surface area (Å²) in [5.41, 5.74) is 4.79. The van der Waals surface area contributed by atoms with Gasteiger partial charge in [-0.05, 0) is 113 Å². The topological polar surface area (TPSA) is 71.7 Å². The highest BCUT2D eigenvalue weighted by Crippen LogP contribution is 2.48. The van der Waals surface area contributed by atoms with Gasteiger partial charge in [0.25, 0.3) is 11.4 Å². The summed E-state index contributed by atoms with van der Waals surface area (Å²) in [5.74, 6) is 3.05. The van der Waals surface area contributed by atoms with Crippen molar-refractivity contribution in [1.29, 1.82) is 0 Å². The van der Waals surface area contributed by atoms with Crippen molar-refractivity contribution in [3.63, 3.8) is 0 Å². The third kappa shape index (κ3) is 9.19. The second-order valence-electron chi connectivity index (χ2n) is 22.2. The number of aromatic nitrogens is 5. The Labute approximate surface area is 487 Å². The molecule has 0 fully saturated rings. The SMILES string of the molecule is [2H]c1c([2H])c([2H])c(-c2cc(C(C)(C)C)cc(-c3c([2H])c([2H])c([2H])c([2H])c3[2H])c2[N+]2=C=[N+](c3cccc(Oc4cc5c(cc4-c4nc(C(C)(C)c6ccccc6)nc(C(C)(C)c6ccccc6)n4)c4ccccc4n5-c4ccccn4)c3)c3ccccc32)c([2H])c1[2H]. The summed E-state index contributed by atoms with van der Waals surface area (Å²) in [6.07, 6.45) is 1.77. The normalized spacial score (nSPS) is 14.3. The number of rotatable bonds is 12. The number of fused-ring (bicyclic) bond motifs is 4. The van der Waals surface area contributed by atoms with Gasteiger partial charge < -0.3 is 4.74 Å². The van der Waals surface area contributed by atoms with Crippen LogP contribution >= 0.6 is 0 Å². The van der Waals surface area contributed by atoms with Gasteiger partial charge in [0.1, 0.15) is 29.0 Å². The lowest BCUT2D eigenvalue weighted by atomic mass is 9.82. The molecule has 81 heavy (non-hydrogen) atoms. The molecule has 8 nitrogen and oxygen atoms in total. The molecule has 0 bridgehead atoms. The standard InChI is InChI=1S/C73H61N7O/c1-71(2,3)53-43-57(49-27-12-8-13-28-49)67(58(44-53)50-29-14-9-15-30-50)79-48-78(62-39-22-23-40-63(62)79)54-35-26-36-55(45-54)81-65-47-64-59(56-37-20-21-38-61(56)80(64)66-41-24-25-42-74-66)46-60(65)68-75-69(72(4,5)51-31-16-10-17-32-51)77-70(76-68)73(6,7)52-33-18-11-19-34-52/h8-47H,1-7H3/q+2/i8D,9D,12D,13D,14D,15D,27D,28D,29D,30D. The van der Waals surface area contributed by atoms with Crippen LogP contribution in [-0.4, -0.2) is 30.5 Å². The zero-order valence-electron chi connectivity index (χ0n) is 55.9. The Hall–Kier alpha value is -9.88. The quantitative estimate of drug-likeness (QED) is 0.114. The van der Waals surface area contributed by atoms with E-state index < -0.39 is 76.7 Å². The van der Waals surface area contributed by atoms with E-state index in [0.717, 1.165) is 32.9 Å². The van der Waals surface area contributed by atoms with Crippen molar-refractivity contribution in [1.82, 2.24) is 33.7 Å². The van der Waals surface area contributed by atoms with Gasteiger partial charge in [-0.15, -0.1) is 0 Å². The maximum absolute atomic E-state index is 9.39. The first-order valence-electron chi connectivity index (χ1n) is 31.9. The Morgan fingerprint density at radius 3 is 1.64 bits per heavy atom. The minimum Gasteiger partial charge on any atom is -0.456 e. The van der Waals surface area contributed by atoms with E-state index in [1.54, 1.807) is 22.9 Å². The second kappa shape index (κ2) is 20.1. The third-order valence-corrected chi connectivity index (χ3v) is 15.2. The summed E-state index contributed by atoms with van der Waals surface area (Å²) in [7, 11) is 0. The van der Waals surface area contributed by atoms with Crippen LogP contribution in [0.25, 0.3) is 61.3 Å². The van der Waals surface area contributed by atoms with Crippen LogP contribution < -0.4 is 13.9 Å². The molecule has 8 heteroatoms. The van der Waals surface area contributed by atoms with E-state index in [1.807, 2.05) is 147 Å². The van der Waals surface area contributed by atoms with Crippen LogP contribution in [0.3, 0.4) is 0 Å². The Kier molecular flexibility index (Phi) is 10.0. The van der Waals surface area contributed by atoms with Gasteiger partial charge in [0.2, 0.25) is 11.4 Å². The van der Waals surface area contributed by atoms with Crippen molar-refractivity contribution in [3.05, 3.63) is 271 Å². The van der Waals surface area contributed by atoms with Gasteiger partial charge in [0, 0.05) is 52.1 Å². The molecule has 0 amide bonds. The van der Waals surface area contributed by atoms with Crippen molar-refractivity contribution in [3.8, 4) is 51.0 Å². The van der Waals surface area contributed by atoms with E-state index in [2.05, 4.69) is 80.7 Å². The number of nitrogens with zero attached hydrogens (tertiary/aromatic N) is 7.